The Bertz CT molecular complexity index is 1120. The van der Waals surface area contributed by atoms with Crippen molar-refractivity contribution in [3.63, 3.8) is 0 Å². The summed E-state index contributed by atoms with van der Waals surface area (Å²) >= 11 is 0. The average molecular weight is 459 g/mol. The molecule has 1 aliphatic rings. The first-order chi connectivity index (χ1) is 16.5. The van der Waals surface area contributed by atoms with Crippen LogP contribution in [0.2, 0.25) is 0 Å². The monoisotopic (exact) mass is 458 g/mol. The number of rotatable bonds is 7. The quantitative estimate of drug-likeness (QED) is 0.534. The normalized spacial score (nSPS) is 13.6. The SMILES string of the molecule is CC(C)c1ccc(OCc2ccccc2)c(C(=O)Nc2ccc(C(=O)N3CCOCC3)cc2)c1. The van der Waals surface area contributed by atoms with Crippen molar-refractivity contribution in [2.24, 2.45) is 0 Å². The van der Waals surface area contributed by atoms with Gasteiger partial charge in [-0.25, -0.2) is 0 Å². The Hall–Kier alpha value is -3.64. The third kappa shape index (κ3) is 5.83. The number of amides is 2. The number of nitrogens with zero attached hydrogens (tertiary/aromatic N) is 1. The van der Waals surface area contributed by atoms with Gasteiger partial charge in [-0.2, -0.15) is 0 Å². The van der Waals surface area contributed by atoms with Crippen LogP contribution in [0.25, 0.3) is 0 Å². The van der Waals surface area contributed by atoms with E-state index in [0.29, 0.717) is 55.5 Å². The van der Waals surface area contributed by atoms with Crippen molar-refractivity contribution in [2.45, 2.75) is 26.4 Å². The number of hydrogen-bond acceptors (Lipinski definition) is 4. The number of anilines is 1. The molecule has 0 spiro atoms. The summed E-state index contributed by atoms with van der Waals surface area (Å²) in [7, 11) is 0. The third-order valence-corrected chi connectivity index (χ3v) is 5.84. The number of carbonyl (C=O) groups excluding carboxylic acids is 2. The predicted octanol–water partition coefficient (Wildman–Crippen LogP) is 5.11. The molecular formula is C28H30N2O4. The van der Waals surface area contributed by atoms with Gasteiger partial charge in [-0.15, -0.1) is 0 Å². The third-order valence-electron chi connectivity index (χ3n) is 5.84. The van der Waals surface area contributed by atoms with Crippen LogP contribution in [0.1, 0.15) is 51.6 Å². The molecule has 0 unspecified atom stereocenters. The van der Waals surface area contributed by atoms with Crippen molar-refractivity contribution in [2.75, 3.05) is 31.6 Å². The van der Waals surface area contributed by atoms with Crippen molar-refractivity contribution < 1.29 is 19.1 Å². The first kappa shape index (κ1) is 23.5. The van der Waals surface area contributed by atoms with Crippen LogP contribution in [-0.4, -0.2) is 43.0 Å². The number of hydrogen-bond donors (Lipinski definition) is 1. The molecule has 3 aromatic rings. The zero-order valence-electron chi connectivity index (χ0n) is 19.6. The van der Waals surface area contributed by atoms with E-state index in [4.69, 9.17) is 9.47 Å². The van der Waals surface area contributed by atoms with Gasteiger partial charge in [0.1, 0.15) is 12.4 Å². The first-order valence-corrected chi connectivity index (χ1v) is 11.6. The summed E-state index contributed by atoms with van der Waals surface area (Å²) in [5.74, 6) is 0.533. The van der Waals surface area contributed by atoms with Crippen molar-refractivity contribution in [1.82, 2.24) is 4.90 Å². The lowest BCUT2D eigenvalue weighted by atomic mass is 10.00. The molecule has 176 valence electrons. The topological polar surface area (TPSA) is 67.9 Å². The van der Waals surface area contributed by atoms with E-state index in [2.05, 4.69) is 19.2 Å². The summed E-state index contributed by atoms with van der Waals surface area (Å²) in [6.45, 7) is 6.86. The molecular weight excluding hydrogens is 428 g/mol. The van der Waals surface area contributed by atoms with Gasteiger partial charge in [-0.1, -0.05) is 50.2 Å². The van der Waals surface area contributed by atoms with Crippen LogP contribution in [0.15, 0.2) is 72.8 Å². The second-order valence-electron chi connectivity index (χ2n) is 8.62. The first-order valence-electron chi connectivity index (χ1n) is 11.6. The maximum atomic E-state index is 13.2. The Morgan fingerprint density at radius 3 is 2.35 bits per heavy atom. The molecule has 2 amide bonds. The molecule has 0 aliphatic carbocycles. The van der Waals surface area contributed by atoms with Crippen LogP contribution in [-0.2, 0) is 11.3 Å². The molecule has 0 atom stereocenters. The smallest absolute Gasteiger partial charge is 0.259 e. The van der Waals surface area contributed by atoms with Crippen LogP contribution >= 0.6 is 0 Å². The zero-order valence-corrected chi connectivity index (χ0v) is 19.6. The highest BCUT2D eigenvalue weighted by Gasteiger charge is 2.19. The molecule has 6 nitrogen and oxygen atoms in total. The zero-order chi connectivity index (χ0) is 23.9. The molecule has 1 aliphatic heterocycles. The van der Waals surface area contributed by atoms with Crippen LogP contribution in [0.4, 0.5) is 5.69 Å². The second kappa shape index (κ2) is 11.0. The van der Waals surface area contributed by atoms with Gasteiger partial charge in [-0.3, -0.25) is 9.59 Å². The molecule has 1 saturated heterocycles. The van der Waals surface area contributed by atoms with Crippen molar-refractivity contribution in [3.05, 3.63) is 95.1 Å². The Morgan fingerprint density at radius 2 is 1.68 bits per heavy atom. The van der Waals surface area contributed by atoms with E-state index >= 15 is 0 Å². The van der Waals surface area contributed by atoms with E-state index in [1.54, 1.807) is 29.2 Å². The molecule has 4 rings (SSSR count). The fraction of sp³-hybridized carbons (Fsp3) is 0.286. The fourth-order valence-electron chi connectivity index (χ4n) is 3.79. The highest BCUT2D eigenvalue weighted by Crippen LogP contribution is 2.26. The maximum Gasteiger partial charge on any atom is 0.259 e. The van der Waals surface area contributed by atoms with Gasteiger partial charge >= 0.3 is 0 Å². The molecule has 3 aromatic carbocycles. The fourth-order valence-corrected chi connectivity index (χ4v) is 3.79. The van der Waals surface area contributed by atoms with Gasteiger partial charge in [0.25, 0.3) is 11.8 Å². The van der Waals surface area contributed by atoms with Gasteiger partial charge in [-0.05, 0) is 53.4 Å². The Labute approximate surface area is 200 Å². The van der Waals surface area contributed by atoms with Gasteiger partial charge in [0.05, 0.1) is 18.8 Å². The number of benzene rings is 3. The number of carbonyl (C=O) groups is 2. The number of morpholine rings is 1. The lowest BCUT2D eigenvalue weighted by Gasteiger charge is -2.26. The number of ether oxygens (including phenoxy) is 2. The standard InChI is InChI=1S/C28H30N2O4/c1-20(2)23-10-13-26(34-19-21-6-4-3-5-7-21)25(18-23)27(31)29-24-11-8-22(9-12-24)28(32)30-14-16-33-17-15-30/h3-13,18,20H,14-17,19H2,1-2H3,(H,29,31). The van der Waals surface area contributed by atoms with Gasteiger partial charge in [0.2, 0.25) is 0 Å². The van der Waals surface area contributed by atoms with Crippen LogP contribution in [0.3, 0.4) is 0 Å². The van der Waals surface area contributed by atoms with Crippen LogP contribution < -0.4 is 10.1 Å². The Balaban J connectivity index is 1.48. The van der Waals surface area contributed by atoms with Gasteiger partial charge in [0, 0.05) is 24.3 Å². The second-order valence-corrected chi connectivity index (χ2v) is 8.62. The lowest BCUT2D eigenvalue weighted by Crippen LogP contribution is -2.40. The van der Waals surface area contributed by atoms with E-state index in [1.807, 2.05) is 48.5 Å². The minimum atomic E-state index is -0.252. The lowest BCUT2D eigenvalue weighted by molar-refractivity contribution is 0.0303. The Morgan fingerprint density at radius 1 is 0.971 bits per heavy atom. The highest BCUT2D eigenvalue weighted by molar-refractivity contribution is 6.06. The highest BCUT2D eigenvalue weighted by atomic mass is 16.5. The summed E-state index contributed by atoms with van der Waals surface area (Å²) in [6, 6.07) is 22.6. The summed E-state index contributed by atoms with van der Waals surface area (Å²) < 4.78 is 11.3. The van der Waals surface area contributed by atoms with Crippen molar-refractivity contribution in [1.29, 1.82) is 0 Å². The molecule has 1 N–H and O–H groups in total. The summed E-state index contributed by atoms with van der Waals surface area (Å²) in [4.78, 5) is 27.6. The van der Waals surface area contributed by atoms with Crippen molar-refractivity contribution in [3.8, 4) is 5.75 Å². The van der Waals surface area contributed by atoms with E-state index < -0.39 is 0 Å². The summed E-state index contributed by atoms with van der Waals surface area (Å²) in [5.41, 5.74) is 3.78. The molecule has 0 bridgehead atoms. The molecule has 0 saturated carbocycles. The average Bonchev–Trinajstić information content (AvgIpc) is 2.88. The minimum Gasteiger partial charge on any atom is -0.488 e. The molecule has 1 heterocycles. The molecule has 34 heavy (non-hydrogen) atoms. The van der Waals surface area contributed by atoms with Gasteiger partial charge in [0.15, 0.2) is 0 Å². The van der Waals surface area contributed by atoms with E-state index in [1.165, 1.54) is 0 Å². The van der Waals surface area contributed by atoms with E-state index in [9.17, 15) is 9.59 Å². The number of nitrogens with one attached hydrogen (secondary N) is 1. The van der Waals surface area contributed by atoms with Crippen LogP contribution in [0.5, 0.6) is 5.75 Å². The van der Waals surface area contributed by atoms with E-state index in [-0.39, 0.29) is 17.7 Å². The largest absolute Gasteiger partial charge is 0.488 e. The van der Waals surface area contributed by atoms with Crippen molar-refractivity contribution >= 4 is 17.5 Å². The predicted molar refractivity (Wildman–Crippen MR) is 132 cm³/mol. The van der Waals surface area contributed by atoms with E-state index in [0.717, 1.165) is 11.1 Å². The summed E-state index contributed by atoms with van der Waals surface area (Å²) in [5, 5.41) is 2.94. The summed E-state index contributed by atoms with van der Waals surface area (Å²) in [6.07, 6.45) is 0. The maximum absolute atomic E-state index is 13.2. The van der Waals surface area contributed by atoms with Gasteiger partial charge < -0.3 is 19.7 Å². The van der Waals surface area contributed by atoms with Crippen LogP contribution in [0, 0.1) is 0 Å². The molecule has 6 heteroatoms. The molecule has 0 aromatic heterocycles. The Kier molecular flexibility index (Phi) is 7.60. The molecule has 0 radical (unpaired) electrons. The minimum absolute atomic E-state index is 0.0255. The molecule has 1 fully saturated rings.